The van der Waals surface area contributed by atoms with Gasteiger partial charge < -0.3 is 10.2 Å². The largest absolute Gasteiger partial charge is 0.375 e. The standard InChI is InChI=1S/C11H18N4O3S/c1-8-7-18-9(2)6-15(8)19(16,17)11-5-13-4-3-10(11)14-12/h3-5,8-9H,6-7,12H2,1-2H3,(H,13,14). The molecule has 1 fully saturated rings. The van der Waals surface area contributed by atoms with Crippen LogP contribution in [0.5, 0.6) is 0 Å². The summed E-state index contributed by atoms with van der Waals surface area (Å²) in [5.74, 6) is 5.35. The molecule has 8 heteroatoms. The number of morpholine rings is 1. The summed E-state index contributed by atoms with van der Waals surface area (Å²) in [4.78, 5) is 3.95. The summed E-state index contributed by atoms with van der Waals surface area (Å²) in [5.41, 5.74) is 2.72. The summed E-state index contributed by atoms with van der Waals surface area (Å²) in [6.07, 6.45) is 2.66. The van der Waals surface area contributed by atoms with E-state index in [1.807, 2.05) is 13.8 Å². The van der Waals surface area contributed by atoms with Crippen LogP contribution in [0.2, 0.25) is 0 Å². The SMILES string of the molecule is CC1CN(S(=O)(=O)c2cnccc2NN)C(C)CO1. The number of aromatic nitrogens is 1. The van der Waals surface area contributed by atoms with Crippen LogP contribution < -0.4 is 11.3 Å². The Labute approximate surface area is 112 Å². The van der Waals surface area contributed by atoms with E-state index in [0.29, 0.717) is 18.8 Å². The first kappa shape index (κ1) is 14.2. The Morgan fingerprint density at radius 3 is 2.95 bits per heavy atom. The Bertz CT molecular complexity index is 549. The minimum absolute atomic E-state index is 0.0819. The third-order valence-electron chi connectivity index (χ3n) is 3.08. The normalized spacial score (nSPS) is 25.2. The highest BCUT2D eigenvalue weighted by Gasteiger charge is 2.35. The van der Waals surface area contributed by atoms with Gasteiger partial charge >= 0.3 is 0 Å². The molecule has 2 heterocycles. The Kier molecular flexibility index (Phi) is 4.04. The van der Waals surface area contributed by atoms with Gasteiger partial charge in [0, 0.05) is 25.0 Å². The summed E-state index contributed by atoms with van der Waals surface area (Å²) in [7, 11) is -3.64. The summed E-state index contributed by atoms with van der Waals surface area (Å²) in [5, 5.41) is 0. The van der Waals surface area contributed by atoms with Crippen LogP contribution in [-0.4, -0.2) is 43.0 Å². The number of ether oxygens (including phenoxy) is 1. The van der Waals surface area contributed by atoms with Crippen molar-refractivity contribution in [3.8, 4) is 0 Å². The molecule has 19 heavy (non-hydrogen) atoms. The Balaban J connectivity index is 2.41. The van der Waals surface area contributed by atoms with Crippen molar-refractivity contribution in [2.45, 2.75) is 30.9 Å². The molecule has 0 bridgehead atoms. The topological polar surface area (TPSA) is 97.6 Å². The van der Waals surface area contributed by atoms with E-state index in [4.69, 9.17) is 10.6 Å². The third-order valence-corrected chi connectivity index (χ3v) is 5.08. The molecule has 1 aromatic rings. The van der Waals surface area contributed by atoms with Gasteiger partial charge in [0.2, 0.25) is 10.0 Å². The lowest BCUT2D eigenvalue weighted by molar-refractivity contribution is -0.0170. The van der Waals surface area contributed by atoms with E-state index in [1.165, 1.54) is 22.8 Å². The van der Waals surface area contributed by atoms with Crippen LogP contribution in [0.3, 0.4) is 0 Å². The Hall–Kier alpha value is -1.22. The fraction of sp³-hybridized carbons (Fsp3) is 0.545. The molecule has 106 valence electrons. The van der Waals surface area contributed by atoms with Crippen molar-refractivity contribution < 1.29 is 13.2 Å². The highest BCUT2D eigenvalue weighted by Crippen LogP contribution is 2.26. The fourth-order valence-corrected chi connectivity index (χ4v) is 3.83. The van der Waals surface area contributed by atoms with Crippen LogP contribution in [0, 0.1) is 0 Å². The molecule has 7 nitrogen and oxygen atoms in total. The van der Waals surface area contributed by atoms with Crippen LogP contribution in [-0.2, 0) is 14.8 Å². The predicted octanol–water partition coefficient (Wildman–Crippen LogP) is 0.165. The maximum atomic E-state index is 12.7. The van der Waals surface area contributed by atoms with Gasteiger partial charge in [-0.2, -0.15) is 4.31 Å². The molecule has 2 atom stereocenters. The van der Waals surface area contributed by atoms with E-state index >= 15 is 0 Å². The van der Waals surface area contributed by atoms with Crippen LogP contribution in [0.15, 0.2) is 23.4 Å². The van der Waals surface area contributed by atoms with Gasteiger partial charge in [-0.15, -0.1) is 0 Å². The average molecular weight is 286 g/mol. The van der Waals surface area contributed by atoms with Crippen molar-refractivity contribution in [1.29, 1.82) is 0 Å². The lowest BCUT2D eigenvalue weighted by atomic mass is 10.2. The molecule has 2 rings (SSSR count). The number of nitrogens with two attached hydrogens (primary N) is 1. The maximum Gasteiger partial charge on any atom is 0.247 e. The molecule has 0 aliphatic carbocycles. The van der Waals surface area contributed by atoms with E-state index in [0.717, 1.165) is 0 Å². The minimum Gasteiger partial charge on any atom is -0.375 e. The molecule has 0 amide bonds. The Morgan fingerprint density at radius 1 is 1.53 bits per heavy atom. The van der Waals surface area contributed by atoms with Crippen molar-refractivity contribution in [2.24, 2.45) is 5.84 Å². The summed E-state index contributed by atoms with van der Waals surface area (Å²) >= 11 is 0. The van der Waals surface area contributed by atoms with Crippen LogP contribution in [0.4, 0.5) is 5.69 Å². The third kappa shape index (κ3) is 2.71. The number of hydrogen-bond donors (Lipinski definition) is 2. The van der Waals surface area contributed by atoms with Crippen molar-refractivity contribution in [3.05, 3.63) is 18.5 Å². The second-order valence-electron chi connectivity index (χ2n) is 4.58. The highest BCUT2D eigenvalue weighted by atomic mass is 32.2. The number of pyridine rings is 1. The molecule has 0 saturated carbocycles. The van der Waals surface area contributed by atoms with Gasteiger partial charge in [-0.05, 0) is 19.9 Å². The molecule has 1 aliphatic rings. The van der Waals surface area contributed by atoms with E-state index in [9.17, 15) is 8.42 Å². The van der Waals surface area contributed by atoms with Crippen molar-refractivity contribution >= 4 is 15.7 Å². The number of hydrazine groups is 1. The number of nitrogen functional groups attached to an aromatic ring is 1. The maximum absolute atomic E-state index is 12.7. The van der Waals surface area contributed by atoms with Gasteiger partial charge in [-0.25, -0.2) is 8.42 Å². The van der Waals surface area contributed by atoms with E-state index in [1.54, 1.807) is 0 Å². The summed E-state index contributed by atoms with van der Waals surface area (Å²) in [6.45, 7) is 4.36. The number of hydrogen-bond acceptors (Lipinski definition) is 6. The molecule has 1 saturated heterocycles. The van der Waals surface area contributed by atoms with Crippen LogP contribution in [0.25, 0.3) is 0 Å². The van der Waals surface area contributed by atoms with Crippen LogP contribution in [0.1, 0.15) is 13.8 Å². The fourth-order valence-electron chi connectivity index (χ4n) is 2.04. The molecule has 2 unspecified atom stereocenters. The van der Waals surface area contributed by atoms with E-state index in [2.05, 4.69) is 10.4 Å². The van der Waals surface area contributed by atoms with E-state index < -0.39 is 10.0 Å². The van der Waals surface area contributed by atoms with Crippen molar-refractivity contribution in [2.75, 3.05) is 18.6 Å². The zero-order valence-electron chi connectivity index (χ0n) is 10.9. The number of rotatable bonds is 3. The first-order valence-corrected chi connectivity index (χ1v) is 7.45. The van der Waals surface area contributed by atoms with Crippen molar-refractivity contribution in [1.82, 2.24) is 9.29 Å². The highest BCUT2D eigenvalue weighted by molar-refractivity contribution is 7.89. The van der Waals surface area contributed by atoms with Gasteiger partial charge in [-0.3, -0.25) is 10.8 Å². The molecular weight excluding hydrogens is 268 g/mol. The van der Waals surface area contributed by atoms with Gasteiger partial charge in [0.1, 0.15) is 4.90 Å². The molecule has 3 N–H and O–H groups in total. The summed E-state index contributed by atoms with van der Waals surface area (Å²) in [6, 6.07) is 1.31. The molecule has 1 aromatic heterocycles. The summed E-state index contributed by atoms with van der Waals surface area (Å²) < 4.78 is 32.2. The molecular formula is C11H18N4O3S. The minimum atomic E-state index is -3.64. The first-order valence-electron chi connectivity index (χ1n) is 6.01. The lowest BCUT2D eigenvalue weighted by Crippen LogP contribution is -2.50. The number of nitrogens with zero attached hydrogens (tertiary/aromatic N) is 2. The molecule has 1 aliphatic heterocycles. The number of nitrogens with one attached hydrogen (secondary N) is 1. The smallest absolute Gasteiger partial charge is 0.247 e. The lowest BCUT2D eigenvalue weighted by Gasteiger charge is -2.35. The molecule has 0 radical (unpaired) electrons. The van der Waals surface area contributed by atoms with Gasteiger partial charge in [-0.1, -0.05) is 0 Å². The van der Waals surface area contributed by atoms with Crippen molar-refractivity contribution in [3.63, 3.8) is 0 Å². The number of anilines is 1. The second-order valence-corrected chi connectivity index (χ2v) is 6.44. The van der Waals surface area contributed by atoms with Crippen LogP contribution >= 0.6 is 0 Å². The second kappa shape index (κ2) is 5.41. The quantitative estimate of drug-likeness (QED) is 0.607. The zero-order chi connectivity index (χ0) is 14.0. The predicted molar refractivity (Wildman–Crippen MR) is 70.8 cm³/mol. The molecule has 0 aromatic carbocycles. The Morgan fingerprint density at radius 2 is 2.26 bits per heavy atom. The number of sulfonamides is 1. The zero-order valence-corrected chi connectivity index (χ0v) is 11.7. The monoisotopic (exact) mass is 286 g/mol. The van der Waals surface area contributed by atoms with Gasteiger partial charge in [0.25, 0.3) is 0 Å². The average Bonchev–Trinajstić information content (AvgIpc) is 2.41. The molecule has 0 spiro atoms. The van der Waals surface area contributed by atoms with Gasteiger partial charge in [0.05, 0.1) is 18.4 Å². The van der Waals surface area contributed by atoms with Gasteiger partial charge in [0.15, 0.2) is 0 Å². The first-order chi connectivity index (χ1) is 8.96. The van der Waals surface area contributed by atoms with E-state index in [-0.39, 0.29) is 17.0 Å².